The van der Waals surface area contributed by atoms with Gasteiger partial charge < -0.3 is 15.0 Å². The average molecular weight is 554 g/mol. The Labute approximate surface area is 219 Å². The van der Waals surface area contributed by atoms with E-state index in [1.165, 1.54) is 48.4 Å². The number of halogens is 6. The van der Waals surface area contributed by atoms with Crippen molar-refractivity contribution in [1.82, 2.24) is 15.1 Å². The van der Waals surface area contributed by atoms with Gasteiger partial charge in [0.25, 0.3) is 5.91 Å². The Hall–Kier alpha value is -4.03. The lowest BCUT2D eigenvalue weighted by atomic mass is 10.0. The minimum absolute atomic E-state index is 0.106. The number of alkyl halides is 6. The number of hydrogen-bond acceptors (Lipinski definition) is 5. The van der Waals surface area contributed by atoms with E-state index in [4.69, 9.17) is 0 Å². The van der Waals surface area contributed by atoms with Crippen LogP contribution in [-0.4, -0.2) is 35.3 Å². The molecule has 39 heavy (non-hydrogen) atoms. The van der Waals surface area contributed by atoms with Crippen molar-refractivity contribution in [2.45, 2.75) is 44.8 Å². The number of esters is 1. The van der Waals surface area contributed by atoms with Crippen molar-refractivity contribution >= 4 is 17.7 Å². The summed E-state index contributed by atoms with van der Waals surface area (Å²) in [4.78, 5) is 26.4. The SMILES string of the molecule is COC(=O)c1ccc(C(C)NC(=O)c2c(C(F)(F)F)nn3c2N(Cc2cccc(C(F)(F)F)c2)CCC3)cc1. The van der Waals surface area contributed by atoms with Crippen molar-refractivity contribution < 1.29 is 40.7 Å². The van der Waals surface area contributed by atoms with Gasteiger partial charge in [0.1, 0.15) is 11.4 Å². The normalized spacial score (nSPS) is 14.5. The van der Waals surface area contributed by atoms with Gasteiger partial charge in [0, 0.05) is 19.6 Å². The first-order chi connectivity index (χ1) is 18.3. The van der Waals surface area contributed by atoms with Gasteiger partial charge >= 0.3 is 18.3 Å². The van der Waals surface area contributed by atoms with Gasteiger partial charge in [0.05, 0.1) is 24.3 Å². The van der Waals surface area contributed by atoms with Gasteiger partial charge in [-0.1, -0.05) is 24.3 Å². The summed E-state index contributed by atoms with van der Waals surface area (Å²) in [5.41, 5.74) is -1.96. The van der Waals surface area contributed by atoms with E-state index in [2.05, 4.69) is 15.2 Å². The lowest BCUT2D eigenvalue weighted by molar-refractivity contribution is -0.142. The molecule has 7 nitrogen and oxygen atoms in total. The Bertz CT molecular complexity index is 1370. The molecule has 1 aromatic heterocycles. The molecule has 2 aromatic carbocycles. The van der Waals surface area contributed by atoms with Gasteiger partial charge in [-0.15, -0.1) is 0 Å². The Balaban J connectivity index is 1.67. The molecule has 4 rings (SSSR count). The molecule has 0 fully saturated rings. The summed E-state index contributed by atoms with van der Waals surface area (Å²) >= 11 is 0. The van der Waals surface area contributed by atoms with Crippen LogP contribution >= 0.6 is 0 Å². The highest BCUT2D eigenvalue weighted by atomic mass is 19.4. The molecule has 0 bridgehead atoms. The third kappa shape index (κ3) is 6.02. The van der Waals surface area contributed by atoms with Crippen LogP contribution in [-0.2, 0) is 30.2 Å². The van der Waals surface area contributed by atoms with Crippen LogP contribution in [0.25, 0.3) is 0 Å². The maximum atomic E-state index is 14.0. The van der Waals surface area contributed by atoms with Crippen molar-refractivity contribution in [3.05, 3.63) is 82.0 Å². The molecule has 1 amide bonds. The van der Waals surface area contributed by atoms with Crippen LogP contribution in [0.5, 0.6) is 0 Å². The van der Waals surface area contributed by atoms with E-state index in [9.17, 15) is 35.9 Å². The second-order valence-electron chi connectivity index (χ2n) is 9.05. The van der Waals surface area contributed by atoms with Gasteiger partial charge in [-0.3, -0.25) is 4.79 Å². The van der Waals surface area contributed by atoms with Crippen LogP contribution < -0.4 is 10.2 Å². The Morgan fingerprint density at radius 3 is 2.33 bits per heavy atom. The van der Waals surface area contributed by atoms with Crippen LogP contribution in [0.3, 0.4) is 0 Å². The topological polar surface area (TPSA) is 76.5 Å². The highest BCUT2D eigenvalue weighted by Gasteiger charge is 2.43. The molecule has 1 atom stereocenters. The molecule has 1 aliphatic heterocycles. The van der Waals surface area contributed by atoms with E-state index in [1.54, 1.807) is 6.92 Å². The zero-order valence-electron chi connectivity index (χ0n) is 20.9. The molecule has 0 radical (unpaired) electrons. The van der Waals surface area contributed by atoms with Gasteiger partial charge in [0.2, 0.25) is 0 Å². The number of carbonyl (C=O) groups excluding carboxylic acids is 2. The van der Waals surface area contributed by atoms with Crippen molar-refractivity contribution in [2.75, 3.05) is 18.6 Å². The lowest BCUT2D eigenvalue weighted by Gasteiger charge is -2.31. The Morgan fingerprint density at radius 1 is 1.03 bits per heavy atom. The second-order valence-corrected chi connectivity index (χ2v) is 9.05. The smallest absolute Gasteiger partial charge is 0.436 e. The van der Waals surface area contributed by atoms with Gasteiger partial charge in [-0.25, -0.2) is 9.48 Å². The molecule has 3 aromatic rings. The summed E-state index contributed by atoms with van der Waals surface area (Å²) in [7, 11) is 1.22. The minimum Gasteiger partial charge on any atom is -0.465 e. The zero-order valence-corrected chi connectivity index (χ0v) is 20.9. The third-order valence-corrected chi connectivity index (χ3v) is 6.33. The average Bonchev–Trinajstić information content (AvgIpc) is 3.30. The Kier molecular flexibility index (Phi) is 7.62. The fourth-order valence-electron chi connectivity index (χ4n) is 4.45. The molecule has 13 heteroatoms. The maximum absolute atomic E-state index is 14.0. The zero-order chi connectivity index (χ0) is 28.5. The maximum Gasteiger partial charge on any atom is 0.436 e. The number of hydrogen-bond donors (Lipinski definition) is 1. The minimum atomic E-state index is -4.95. The molecular weight excluding hydrogens is 530 g/mol. The number of methoxy groups -OCH3 is 1. The fraction of sp³-hybridized carbons (Fsp3) is 0.346. The van der Waals surface area contributed by atoms with Crippen molar-refractivity contribution in [1.29, 1.82) is 0 Å². The second kappa shape index (κ2) is 10.6. The summed E-state index contributed by atoms with van der Waals surface area (Å²) in [5, 5.41) is 6.22. The first-order valence-electron chi connectivity index (χ1n) is 11.9. The third-order valence-electron chi connectivity index (χ3n) is 6.33. The standard InChI is InChI=1S/C26H24F6N4O3/c1-15(17-7-9-18(10-8-17)24(38)39-2)33-22(37)20-21(26(30,31)32)34-36-12-4-11-35(23(20)36)14-16-5-3-6-19(13-16)25(27,28)29/h3,5-10,13,15H,4,11-12,14H2,1-2H3,(H,33,37). The number of aromatic nitrogens is 2. The largest absolute Gasteiger partial charge is 0.465 e. The number of nitrogens with zero attached hydrogens (tertiary/aromatic N) is 3. The molecule has 1 aliphatic rings. The summed E-state index contributed by atoms with van der Waals surface area (Å²) < 4.78 is 87.3. The van der Waals surface area contributed by atoms with E-state index >= 15 is 0 Å². The van der Waals surface area contributed by atoms with Gasteiger partial charge in [-0.05, 0) is 48.7 Å². The number of fused-ring (bicyclic) bond motifs is 1. The van der Waals surface area contributed by atoms with Gasteiger partial charge in [0.15, 0.2) is 5.69 Å². The predicted octanol–water partition coefficient (Wildman–Crippen LogP) is 5.61. The van der Waals surface area contributed by atoms with Crippen LogP contribution in [0, 0.1) is 0 Å². The van der Waals surface area contributed by atoms with E-state index < -0.39 is 47.1 Å². The molecule has 0 spiro atoms. The Morgan fingerprint density at radius 2 is 1.72 bits per heavy atom. The van der Waals surface area contributed by atoms with Crippen LogP contribution in [0.1, 0.15) is 62.5 Å². The molecule has 1 N–H and O–H groups in total. The molecule has 2 heterocycles. The lowest BCUT2D eigenvalue weighted by Crippen LogP contribution is -2.35. The van der Waals surface area contributed by atoms with Crippen LogP contribution in [0.2, 0.25) is 0 Å². The number of rotatable bonds is 6. The van der Waals surface area contributed by atoms with Crippen molar-refractivity contribution in [2.24, 2.45) is 0 Å². The molecule has 0 aliphatic carbocycles. The van der Waals surface area contributed by atoms with E-state index in [1.807, 2.05) is 0 Å². The summed E-state index contributed by atoms with van der Waals surface area (Å²) in [6.45, 7) is 1.73. The monoisotopic (exact) mass is 554 g/mol. The first-order valence-corrected chi connectivity index (χ1v) is 11.9. The predicted molar refractivity (Wildman–Crippen MR) is 128 cm³/mol. The molecule has 0 saturated heterocycles. The molecule has 1 unspecified atom stereocenters. The quantitative estimate of drug-likeness (QED) is 0.317. The van der Waals surface area contributed by atoms with E-state index in [0.29, 0.717) is 12.0 Å². The number of anilines is 1. The number of carbonyl (C=O) groups is 2. The molecule has 208 valence electrons. The van der Waals surface area contributed by atoms with Crippen LogP contribution in [0.15, 0.2) is 48.5 Å². The fourth-order valence-corrected chi connectivity index (χ4v) is 4.45. The molecule has 0 saturated carbocycles. The number of amides is 1. The van der Waals surface area contributed by atoms with Crippen molar-refractivity contribution in [3.63, 3.8) is 0 Å². The van der Waals surface area contributed by atoms with Crippen LogP contribution in [0.4, 0.5) is 32.2 Å². The number of nitrogens with one attached hydrogen (secondary N) is 1. The number of aryl methyl sites for hydroxylation is 1. The van der Waals surface area contributed by atoms with Gasteiger partial charge in [-0.2, -0.15) is 31.4 Å². The number of benzene rings is 2. The number of ether oxygens (including phenoxy) is 1. The molecular formula is C26H24F6N4O3. The first kappa shape index (κ1) is 28.0. The highest BCUT2D eigenvalue weighted by Crippen LogP contribution is 2.39. The summed E-state index contributed by atoms with van der Waals surface area (Å²) in [6.07, 6.45) is -9.15. The van der Waals surface area contributed by atoms with E-state index in [-0.39, 0.29) is 36.6 Å². The summed E-state index contributed by atoms with van der Waals surface area (Å²) in [5.74, 6) is -1.72. The van der Waals surface area contributed by atoms with E-state index in [0.717, 1.165) is 16.8 Å². The highest BCUT2D eigenvalue weighted by molar-refractivity contribution is 6.01. The van der Waals surface area contributed by atoms with Crippen molar-refractivity contribution in [3.8, 4) is 0 Å². The summed E-state index contributed by atoms with van der Waals surface area (Å²) in [6, 6.07) is 9.75.